The molecular formula is C24H24N4O3. The fraction of sp³-hybridized carbons (Fsp3) is 0.208. The van der Waals surface area contributed by atoms with E-state index in [1.54, 1.807) is 18.2 Å². The van der Waals surface area contributed by atoms with Gasteiger partial charge in [-0.2, -0.15) is 0 Å². The molecule has 1 aromatic heterocycles. The van der Waals surface area contributed by atoms with Crippen molar-refractivity contribution in [3.63, 3.8) is 0 Å². The van der Waals surface area contributed by atoms with Crippen LogP contribution in [0.3, 0.4) is 0 Å². The number of hydrogen-bond acceptors (Lipinski definition) is 3. The van der Waals surface area contributed by atoms with Crippen molar-refractivity contribution < 1.29 is 14.4 Å². The van der Waals surface area contributed by atoms with Gasteiger partial charge in [0.25, 0.3) is 5.91 Å². The SMILES string of the molecule is Cc1ccc(NC(=O)CN2C(=O)N/C(=C/c3cn(C(C)C)c4ccccc34)C2=O)cc1. The average Bonchev–Trinajstić information content (AvgIpc) is 3.23. The van der Waals surface area contributed by atoms with Crippen LogP contribution in [0.15, 0.2) is 60.4 Å². The number of anilines is 1. The standard InChI is InChI=1S/C24H24N4O3/c1-15(2)27-13-17(19-6-4-5-7-21(19)27)12-20-23(30)28(24(31)26-20)14-22(29)25-18-10-8-16(3)9-11-18/h4-13,15H,14H2,1-3H3,(H,25,29)(H,26,31)/b20-12+. The van der Waals surface area contributed by atoms with Gasteiger partial charge in [-0.1, -0.05) is 35.9 Å². The minimum atomic E-state index is -0.608. The van der Waals surface area contributed by atoms with Crippen molar-refractivity contribution in [1.82, 2.24) is 14.8 Å². The molecule has 0 unspecified atom stereocenters. The molecule has 2 N–H and O–H groups in total. The first-order valence-corrected chi connectivity index (χ1v) is 10.1. The number of imide groups is 1. The molecule has 0 aliphatic carbocycles. The van der Waals surface area contributed by atoms with E-state index < -0.39 is 17.8 Å². The van der Waals surface area contributed by atoms with Crippen molar-refractivity contribution in [2.45, 2.75) is 26.8 Å². The average molecular weight is 416 g/mol. The van der Waals surface area contributed by atoms with Gasteiger partial charge in [-0.05, 0) is 45.0 Å². The molecule has 2 heterocycles. The molecule has 0 saturated carbocycles. The van der Waals surface area contributed by atoms with Gasteiger partial charge in [-0.3, -0.25) is 9.59 Å². The maximum atomic E-state index is 12.8. The second-order valence-corrected chi connectivity index (χ2v) is 7.90. The monoisotopic (exact) mass is 416 g/mol. The Morgan fingerprint density at radius 2 is 1.81 bits per heavy atom. The largest absolute Gasteiger partial charge is 0.344 e. The van der Waals surface area contributed by atoms with Crippen LogP contribution in [0.4, 0.5) is 10.5 Å². The number of rotatable bonds is 5. The van der Waals surface area contributed by atoms with Crippen molar-refractivity contribution in [3.8, 4) is 0 Å². The summed E-state index contributed by atoms with van der Waals surface area (Å²) in [5, 5.41) is 6.28. The van der Waals surface area contributed by atoms with Crippen LogP contribution in [-0.4, -0.2) is 33.9 Å². The number of nitrogens with one attached hydrogen (secondary N) is 2. The lowest BCUT2D eigenvalue weighted by Gasteiger charge is -2.12. The van der Waals surface area contributed by atoms with E-state index in [0.29, 0.717) is 5.69 Å². The summed E-state index contributed by atoms with van der Waals surface area (Å²) in [5.74, 6) is -0.963. The number of aryl methyl sites for hydroxylation is 1. The van der Waals surface area contributed by atoms with E-state index in [-0.39, 0.29) is 18.3 Å². The summed E-state index contributed by atoms with van der Waals surface area (Å²) in [7, 11) is 0. The molecule has 1 fully saturated rings. The first-order valence-electron chi connectivity index (χ1n) is 10.1. The van der Waals surface area contributed by atoms with Crippen molar-refractivity contribution in [2.24, 2.45) is 0 Å². The van der Waals surface area contributed by atoms with Crippen molar-refractivity contribution in [2.75, 3.05) is 11.9 Å². The molecular weight excluding hydrogens is 392 g/mol. The summed E-state index contributed by atoms with van der Waals surface area (Å²) in [6, 6.07) is 14.8. The molecule has 3 aromatic rings. The van der Waals surface area contributed by atoms with Gasteiger partial charge in [0.15, 0.2) is 0 Å². The Morgan fingerprint density at radius 1 is 1.10 bits per heavy atom. The highest BCUT2D eigenvalue weighted by Crippen LogP contribution is 2.27. The van der Waals surface area contributed by atoms with Gasteiger partial charge >= 0.3 is 6.03 Å². The Morgan fingerprint density at radius 3 is 2.52 bits per heavy atom. The Labute approximate surface area is 180 Å². The zero-order valence-electron chi connectivity index (χ0n) is 17.7. The van der Waals surface area contributed by atoms with Crippen LogP contribution < -0.4 is 10.6 Å². The smallest absolute Gasteiger partial charge is 0.329 e. The van der Waals surface area contributed by atoms with Crippen LogP contribution in [0.5, 0.6) is 0 Å². The Kier molecular flexibility index (Phi) is 5.33. The molecule has 0 spiro atoms. The number of hydrogen-bond donors (Lipinski definition) is 2. The van der Waals surface area contributed by atoms with Crippen LogP contribution in [-0.2, 0) is 9.59 Å². The normalized spacial score (nSPS) is 15.2. The van der Waals surface area contributed by atoms with E-state index >= 15 is 0 Å². The van der Waals surface area contributed by atoms with Crippen LogP contribution in [0.25, 0.3) is 17.0 Å². The lowest BCUT2D eigenvalue weighted by atomic mass is 10.1. The number of amides is 4. The maximum Gasteiger partial charge on any atom is 0.329 e. The molecule has 4 amide bonds. The highest BCUT2D eigenvalue weighted by atomic mass is 16.2. The molecule has 4 rings (SSSR count). The van der Waals surface area contributed by atoms with Gasteiger partial charge in [0, 0.05) is 34.4 Å². The number of aromatic nitrogens is 1. The van der Waals surface area contributed by atoms with Gasteiger partial charge in [0.05, 0.1) is 0 Å². The Balaban J connectivity index is 1.54. The first-order chi connectivity index (χ1) is 14.8. The molecule has 2 aromatic carbocycles. The number of benzene rings is 2. The second-order valence-electron chi connectivity index (χ2n) is 7.90. The molecule has 7 heteroatoms. The van der Waals surface area contributed by atoms with Gasteiger partial charge in [-0.15, -0.1) is 0 Å². The van der Waals surface area contributed by atoms with Gasteiger partial charge in [-0.25, -0.2) is 9.69 Å². The van der Waals surface area contributed by atoms with E-state index in [1.165, 1.54) is 0 Å². The number of carbonyl (C=O) groups is 3. The Hall–Kier alpha value is -3.87. The maximum absolute atomic E-state index is 12.8. The number of para-hydroxylation sites is 1. The minimum Gasteiger partial charge on any atom is -0.344 e. The predicted molar refractivity (Wildman–Crippen MR) is 120 cm³/mol. The minimum absolute atomic E-state index is 0.153. The van der Waals surface area contributed by atoms with Gasteiger partial charge in [0.1, 0.15) is 12.2 Å². The fourth-order valence-corrected chi connectivity index (χ4v) is 3.63. The van der Waals surface area contributed by atoms with Crippen molar-refractivity contribution >= 4 is 40.5 Å². The summed E-state index contributed by atoms with van der Waals surface area (Å²) >= 11 is 0. The van der Waals surface area contributed by atoms with Crippen LogP contribution in [0.1, 0.15) is 31.0 Å². The van der Waals surface area contributed by atoms with E-state index in [4.69, 9.17) is 0 Å². The molecule has 1 aliphatic heterocycles. The highest BCUT2D eigenvalue weighted by Gasteiger charge is 2.35. The third-order valence-electron chi connectivity index (χ3n) is 5.23. The summed E-state index contributed by atoms with van der Waals surface area (Å²) in [6.07, 6.45) is 3.63. The van der Waals surface area contributed by atoms with Crippen LogP contribution in [0.2, 0.25) is 0 Å². The summed E-state index contributed by atoms with van der Waals surface area (Å²) in [6.45, 7) is 5.76. The highest BCUT2D eigenvalue weighted by molar-refractivity contribution is 6.16. The summed E-state index contributed by atoms with van der Waals surface area (Å²) in [5.41, 5.74) is 3.72. The second kappa shape index (κ2) is 8.10. The Bertz CT molecular complexity index is 1210. The summed E-state index contributed by atoms with van der Waals surface area (Å²) < 4.78 is 2.12. The van der Waals surface area contributed by atoms with Gasteiger partial charge < -0.3 is 15.2 Å². The van der Waals surface area contributed by atoms with Crippen molar-refractivity contribution in [1.29, 1.82) is 0 Å². The lowest BCUT2D eigenvalue weighted by Crippen LogP contribution is -2.38. The molecule has 31 heavy (non-hydrogen) atoms. The lowest BCUT2D eigenvalue weighted by molar-refractivity contribution is -0.127. The predicted octanol–water partition coefficient (Wildman–Crippen LogP) is 4.06. The van der Waals surface area contributed by atoms with E-state index in [9.17, 15) is 14.4 Å². The summed E-state index contributed by atoms with van der Waals surface area (Å²) in [4.78, 5) is 38.4. The molecule has 1 aliphatic rings. The number of carbonyl (C=O) groups excluding carboxylic acids is 3. The molecule has 1 saturated heterocycles. The molecule has 0 bridgehead atoms. The third kappa shape index (κ3) is 4.07. The number of urea groups is 1. The number of nitrogens with zero attached hydrogens (tertiary/aromatic N) is 2. The quantitative estimate of drug-likeness (QED) is 0.486. The fourth-order valence-electron chi connectivity index (χ4n) is 3.63. The van der Waals surface area contributed by atoms with E-state index in [2.05, 4.69) is 29.0 Å². The number of fused-ring (bicyclic) bond motifs is 1. The zero-order valence-corrected chi connectivity index (χ0v) is 17.7. The van der Waals surface area contributed by atoms with Crippen LogP contribution >= 0.6 is 0 Å². The zero-order chi connectivity index (χ0) is 22.1. The van der Waals surface area contributed by atoms with Crippen molar-refractivity contribution in [3.05, 3.63) is 71.6 Å². The first kappa shape index (κ1) is 20.4. The molecule has 158 valence electrons. The molecule has 0 atom stereocenters. The third-order valence-corrected chi connectivity index (χ3v) is 5.23. The van der Waals surface area contributed by atoms with E-state index in [0.717, 1.165) is 26.9 Å². The van der Waals surface area contributed by atoms with E-state index in [1.807, 2.05) is 49.5 Å². The molecule has 0 radical (unpaired) electrons. The molecule has 7 nitrogen and oxygen atoms in total. The van der Waals surface area contributed by atoms with Gasteiger partial charge in [0.2, 0.25) is 5.91 Å². The topological polar surface area (TPSA) is 83.4 Å². The van der Waals surface area contributed by atoms with Crippen LogP contribution in [0, 0.1) is 6.92 Å².